The van der Waals surface area contributed by atoms with E-state index in [2.05, 4.69) is 15.2 Å². The lowest BCUT2D eigenvalue weighted by molar-refractivity contribution is 0.517. The van der Waals surface area contributed by atoms with Gasteiger partial charge in [-0.1, -0.05) is 0 Å². The number of hydrogen-bond donors (Lipinski definition) is 1. The lowest BCUT2D eigenvalue weighted by Gasteiger charge is -2.04. The zero-order chi connectivity index (χ0) is 11.8. The number of nitrogens with one attached hydrogen (secondary N) is 1. The third-order valence-electron chi connectivity index (χ3n) is 2.93. The Morgan fingerprint density at radius 2 is 2.41 bits per heavy atom. The van der Waals surface area contributed by atoms with E-state index in [1.165, 1.54) is 0 Å². The van der Waals surface area contributed by atoms with Crippen molar-refractivity contribution in [2.45, 2.75) is 19.9 Å². The van der Waals surface area contributed by atoms with E-state index >= 15 is 0 Å². The first-order valence-electron chi connectivity index (χ1n) is 5.40. The van der Waals surface area contributed by atoms with Gasteiger partial charge in [-0.25, -0.2) is 5.10 Å². The van der Waals surface area contributed by atoms with Crippen molar-refractivity contribution in [2.24, 2.45) is 4.99 Å². The van der Waals surface area contributed by atoms with Crippen LogP contribution in [-0.2, 0) is 13.0 Å². The Morgan fingerprint density at radius 3 is 3.18 bits per heavy atom. The molecule has 0 aromatic carbocycles. The minimum absolute atomic E-state index is 0.165. The Labute approximate surface area is 97.2 Å². The monoisotopic (exact) mass is 229 g/mol. The Hall–Kier alpha value is -2.17. The fraction of sp³-hybridized carbons (Fsp3) is 0.250. The van der Waals surface area contributed by atoms with Gasteiger partial charge in [0.25, 0.3) is 5.56 Å². The predicted molar refractivity (Wildman–Crippen MR) is 62.3 cm³/mol. The first kappa shape index (κ1) is 10.0. The molecule has 2 aromatic rings. The average Bonchev–Trinajstić information content (AvgIpc) is 2.93. The van der Waals surface area contributed by atoms with E-state index < -0.39 is 0 Å². The first-order valence-corrected chi connectivity index (χ1v) is 5.40. The summed E-state index contributed by atoms with van der Waals surface area (Å²) in [6, 6.07) is 3.73. The van der Waals surface area contributed by atoms with Crippen LogP contribution in [0.5, 0.6) is 0 Å². The number of fused-ring (bicyclic) bond motifs is 1. The molecule has 3 heterocycles. The Balaban J connectivity index is 2.07. The Bertz CT molecular complexity index is 638. The third-order valence-corrected chi connectivity index (χ3v) is 2.93. The highest BCUT2D eigenvalue weighted by molar-refractivity contribution is 6.01. The maximum Gasteiger partial charge on any atom is 0.273 e. The van der Waals surface area contributed by atoms with Gasteiger partial charge in [-0.15, -0.1) is 0 Å². The van der Waals surface area contributed by atoms with Gasteiger partial charge in [-0.05, 0) is 19.1 Å². The molecule has 0 saturated carbocycles. The molecule has 0 bridgehead atoms. The molecule has 0 radical (unpaired) electrons. The Kier molecular flexibility index (Phi) is 2.18. The third kappa shape index (κ3) is 1.60. The van der Waals surface area contributed by atoms with Gasteiger partial charge in [0, 0.05) is 11.3 Å². The molecule has 0 aliphatic carbocycles. The van der Waals surface area contributed by atoms with Crippen LogP contribution in [0.15, 0.2) is 32.6 Å². The number of H-pyrrole nitrogens is 1. The second kappa shape index (κ2) is 3.69. The second-order valence-electron chi connectivity index (χ2n) is 4.01. The number of nitrogens with zero attached hydrogens (tertiary/aromatic N) is 2. The SMILES string of the molecule is CC1=NCc2c(Cc3ccco3)n[nH]c(=O)c21. The summed E-state index contributed by atoms with van der Waals surface area (Å²) in [6.07, 6.45) is 2.21. The topological polar surface area (TPSA) is 71.2 Å². The summed E-state index contributed by atoms with van der Waals surface area (Å²) in [6.45, 7) is 2.38. The van der Waals surface area contributed by atoms with Crippen molar-refractivity contribution in [3.05, 3.63) is 51.3 Å². The van der Waals surface area contributed by atoms with Gasteiger partial charge in [0.1, 0.15) is 5.76 Å². The number of aromatic nitrogens is 2. The van der Waals surface area contributed by atoms with E-state index in [9.17, 15) is 4.79 Å². The smallest absolute Gasteiger partial charge is 0.273 e. The maximum atomic E-state index is 11.7. The van der Waals surface area contributed by atoms with Crippen molar-refractivity contribution in [1.82, 2.24) is 10.2 Å². The number of furan rings is 1. The normalized spacial score (nSPS) is 13.6. The highest BCUT2D eigenvalue weighted by Crippen LogP contribution is 2.20. The van der Waals surface area contributed by atoms with Crippen LogP contribution in [0.2, 0.25) is 0 Å². The molecular weight excluding hydrogens is 218 g/mol. The molecule has 0 amide bonds. The molecule has 0 unspecified atom stereocenters. The lowest BCUT2D eigenvalue weighted by Crippen LogP contribution is -2.20. The Morgan fingerprint density at radius 1 is 1.53 bits per heavy atom. The van der Waals surface area contributed by atoms with Crippen LogP contribution >= 0.6 is 0 Å². The second-order valence-corrected chi connectivity index (χ2v) is 4.01. The largest absolute Gasteiger partial charge is 0.469 e. The lowest BCUT2D eigenvalue weighted by atomic mass is 10.0. The zero-order valence-corrected chi connectivity index (χ0v) is 9.36. The molecule has 0 spiro atoms. The quantitative estimate of drug-likeness (QED) is 0.843. The van der Waals surface area contributed by atoms with Gasteiger partial charge >= 0.3 is 0 Å². The summed E-state index contributed by atoms with van der Waals surface area (Å²) in [4.78, 5) is 15.9. The summed E-state index contributed by atoms with van der Waals surface area (Å²) in [5, 5.41) is 6.60. The number of rotatable bonds is 2. The van der Waals surface area contributed by atoms with Crippen molar-refractivity contribution < 1.29 is 4.42 Å². The summed E-state index contributed by atoms with van der Waals surface area (Å²) < 4.78 is 5.28. The molecule has 86 valence electrons. The molecule has 1 aliphatic rings. The van der Waals surface area contributed by atoms with Crippen molar-refractivity contribution in [3.8, 4) is 0 Å². The van der Waals surface area contributed by atoms with Crippen LogP contribution < -0.4 is 5.56 Å². The molecular formula is C12H11N3O2. The summed E-state index contributed by atoms with van der Waals surface area (Å²) in [5.74, 6) is 0.830. The van der Waals surface area contributed by atoms with Crippen LogP contribution in [0.1, 0.15) is 29.5 Å². The number of hydrogen-bond acceptors (Lipinski definition) is 4. The van der Waals surface area contributed by atoms with Crippen molar-refractivity contribution >= 4 is 5.71 Å². The minimum Gasteiger partial charge on any atom is -0.469 e. The van der Waals surface area contributed by atoms with Gasteiger partial charge in [-0.2, -0.15) is 5.10 Å². The molecule has 17 heavy (non-hydrogen) atoms. The highest BCUT2D eigenvalue weighted by atomic mass is 16.3. The van der Waals surface area contributed by atoms with E-state index in [0.717, 1.165) is 22.7 Å². The molecule has 5 nitrogen and oxygen atoms in total. The standard InChI is InChI=1S/C12H11N3O2/c1-7-11-9(6-13-7)10(14-15-12(11)16)5-8-3-2-4-17-8/h2-4H,5-6H2,1H3,(H,15,16). The van der Waals surface area contributed by atoms with Gasteiger partial charge in [0.2, 0.25) is 0 Å². The van der Waals surface area contributed by atoms with Crippen molar-refractivity contribution in [2.75, 3.05) is 0 Å². The van der Waals surface area contributed by atoms with Crippen LogP contribution in [0.25, 0.3) is 0 Å². The van der Waals surface area contributed by atoms with Gasteiger partial charge in [0.15, 0.2) is 0 Å². The molecule has 2 aromatic heterocycles. The molecule has 1 N–H and O–H groups in total. The number of aliphatic imine (C=N–C) groups is 1. The predicted octanol–water partition coefficient (Wildman–Crippen LogP) is 1.28. The first-order chi connectivity index (χ1) is 8.25. The van der Waals surface area contributed by atoms with E-state index in [0.29, 0.717) is 18.5 Å². The average molecular weight is 229 g/mol. The van der Waals surface area contributed by atoms with Crippen LogP contribution in [0.3, 0.4) is 0 Å². The van der Waals surface area contributed by atoms with Crippen molar-refractivity contribution in [1.29, 1.82) is 0 Å². The van der Waals surface area contributed by atoms with Gasteiger partial charge in [0.05, 0.1) is 30.5 Å². The van der Waals surface area contributed by atoms with E-state index in [-0.39, 0.29) is 5.56 Å². The fourth-order valence-electron chi connectivity index (χ4n) is 2.08. The van der Waals surface area contributed by atoms with E-state index in [1.54, 1.807) is 6.26 Å². The van der Waals surface area contributed by atoms with E-state index in [1.807, 2.05) is 19.1 Å². The van der Waals surface area contributed by atoms with Crippen LogP contribution in [-0.4, -0.2) is 15.9 Å². The summed E-state index contributed by atoms with van der Waals surface area (Å²) >= 11 is 0. The molecule has 5 heteroatoms. The molecule has 0 atom stereocenters. The fourth-order valence-corrected chi connectivity index (χ4v) is 2.08. The van der Waals surface area contributed by atoms with Crippen molar-refractivity contribution in [3.63, 3.8) is 0 Å². The molecule has 0 fully saturated rings. The van der Waals surface area contributed by atoms with Gasteiger partial charge in [-0.3, -0.25) is 9.79 Å². The summed E-state index contributed by atoms with van der Waals surface area (Å²) in [5.41, 5.74) is 3.03. The van der Waals surface area contributed by atoms with E-state index in [4.69, 9.17) is 4.42 Å². The maximum absolute atomic E-state index is 11.7. The minimum atomic E-state index is -0.165. The van der Waals surface area contributed by atoms with Gasteiger partial charge < -0.3 is 4.42 Å². The van der Waals surface area contributed by atoms with Crippen LogP contribution in [0.4, 0.5) is 0 Å². The molecule has 3 rings (SSSR count). The molecule has 0 saturated heterocycles. The summed E-state index contributed by atoms with van der Waals surface area (Å²) in [7, 11) is 0. The molecule has 1 aliphatic heterocycles. The number of aromatic amines is 1. The van der Waals surface area contributed by atoms with Crippen LogP contribution in [0, 0.1) is 0 Å². The highest BCUT2D eigenvalue weighted by Gasteiger charge is 2.21. The zero-order valence-electron chi connectivity index (χ0n) is 9.36.